The zero-order valence-corrected chi connectivity index (χ0v) is 13.9. The minimum absolute atomic E-state index is 0.0841. The summed E-state index contributed by atoms with van der Waals surface area (Å²) in [4.78, 5) is 15.4. The fourth-order valence-corrected chi connectivity index (χ4v) is 3.13. The van der Waals surface area contributed by atoms with Crippen LogP contribution in [0, 0.1) is 5.92 Å². The van der Waals surface area contributed by atoms with Crippen LogP contribution in [0.2, 0.25) is 0 Å². The molecule has 9 heteroatoms. The molecule has 0 aromatic heterocycles. The molecule has 2 N–H and O–H groups in total. The van der Waals surface area contributed by atoms with Gasteiger partial charge in [0.25, 0.3) is 0 Å². The van der Waals surface area contributed by atoms with Gasteiger partial charge < -0.3 is 15.4 Å². The van der Waals surface area contributed by atoms with Gasteiger partial charge >= 0.3 is 12.2 Å². The van der Waals surface area contributed by atoms with Crippen LogP contribution in [0.4, 0.5) is 18.0 Å². The van der Waals surface area contributed by atoms with Gasteiger partial charge in [-0.05, 0) is 25.3 Å². The number of amides is 2. The Balaban J connectivity index is 1.53. The first-order chi connectivity index (χ1) is 11.4. The number of nitrogens with one attached hydrogen (secondary N) is 2. The zero-order valence-electron chi connectivity index (χ0n) is 13.9. The fourth-order valence-electron chi connectivity index (χ4n) is 3.13. The van der Waals surface area contributed by atoms with Crippen LogP contribution in [0.3, 0.4) is 0 Å². The van der Waals surface area contributed by atoms with Gasteiger partial charge in [-0.2, -0.15) is 13.2 Å². The third-order valence-electron chi connectivity index (χ3n) is 4.35. The first kappa shape index (κ1) is 19.3. The molecule has 1 atom stereocenters. The van der Waals surface area contributed by atoms with Crippen molar-refractivity contribution >= 4 is 6.03 Å². The molecule has 0 bridgehead atoms. The van der Waals surface area contributed by atoms with Crippen molar-refractivity contribution in [1.29, 1.82) is 0 Å². The molecule has 2 rings (SSSR count). The van der Waals surface area contributed by atoms with Crippen LogP contribution < -0.4 is 10.6 Å². The van der Waals surface area contributed by atoms with E-state index < -0.39 is 12.7 Å². The Morgan fingerprint density at radius 2 is 1.96 bits per heavy atom. The molecule has 0 aromatic carbocycles. The third-order valence-corrected chi connectivity index (χ3v) is 4.35. The second-order valence-electron chi connectivity index (χ2n) is 6.45. The smallest absolute Gasteiger partial charge is 0.380 e. The Labute approximate surface area is 140 Å². The van der Waals surface area contributed by atoms with Gasteiger partial charge in [0.15, 0.2) is 0 Å². The molecule has 2 amide bonds. The summed E-state index contributed by atoms with van der Waals surface area (Å²) in [6.07, 6.45) is -2.47. The second-order valence-corrected chi connectivity index (χ2v) is 6.45. The topological polar surface area (TPSA) is 56.8 Å². The number of ether oxygens (including phenoxy) is 1. The third kappa shape index (κ3) is 7.67. The molecule has 1 unspecified atom stereocenters. The summed E-state index contributed by atoms with van der Waals surface area (Å²) in [6, 6.07) is -0.254. The number of halogens is 3. The van der Waals surface area contributed by atoms with E-state index in [1.165, 1.54) is 4.90 Å². The summed E-state index contributed by atoms with van der Waals surface area (Å²) in [5.41, 5.74) is 0. The Kier molecular flexibility index (Phi) is 7.57. The van der Waals surface area contributed by atoms with Crippen LogP contribution >= 0.6 is 0 Å². The Hall–Kier alpha value is -1.06. The van der Waals surface area contributed by atoms with Crippen LogP contribution in [0.25, 0.3) is 0 Å². The van der Waals surface area contributed by atoms with Gasteiger partial charge in [-0.25, -0.2) is 4.79 Å². The van der Waals surface area contributed by atoms with Gasteiger partial charge in [-0.15, -0.1) is 0 Å². The van der Waals surface area contributed by atoms with Crippen LogP contribution in [0.1, 0.15) is 12.8 Å². The average Bonchev–Trinajstić information content (AvgIpc) is 2.77. The lowest BCUT2D eigenvalue weighted by Gasteiger charge is -2.19. The van der Waals surface area contributed by atoms with Crippen LogP contribution in [0.5, 0.6) is 0 Å². The molecule has 140 valence electrons. The minimum atomic E-state index is -4.15. The van der Waals surface area contributed by atoms with E-state index in [1.54, 1.807) is 0 Å². The van der Waals surface area contributed by atoms with E-state index in [0.717, 1.165) is 39.3 Å². The Morgan fingerprint density at radius 1 is 1.12 bits per heavy atom. The molecular formula is C15H27F3N4O2. The molecule has 2 aliphatic heterocycles. The fraction of sp³-hybridized carbons (Fsp3) is 0.933. The summed E-state index contributed by atoms with van der Waals surface area (Å²) in [5.74, 6) is 0.0841. The van der Waals surface area contributed by atoms with E-state index >= 15 is 0 Å². The molecule has 0 saturated carbocycles. The van der Waals surface area contributed by atoms with E-state index in [2.05, 4.69) is 15.5 Å². The van der Waals surface area contributed by atoms with Crippen LogP contribution in [0.15, 0.2) is 0 Å². The van der Waals surface area contributed by atoms with Gasteiger partial charge in [-0.3, -0.25) is 9.80 Å². The standard InChI is InChI=1S/C15H27F3N4O2/c16-15(17,18)12-22-5-2-13(11-22)10-20-14(23)19-3-6-21-4-1-8-24-9-7-21/h13H,1-12H2,(H2,19,20,23). The monoisotopic (exact) mass is 352 g/mol. The van der Waals surface area contributed by atoms with Crippen molar-refractivity contribution in [3.63, 3.8) is 0 Å². The lowest BCUT2D eigenvalue weighted by Crippen LogP contribution is -2.42. The molecule has 24 heavy (non-hydrogen) atoms. The van der Waals surface area contributed by atoms with Crippen LogP contribution in [-0.2, 0) is 4.74 Å². The lowest BCUT2D eigenvalue weighted by molar-refractivity contribution is -0.143. The minimum Gasteiger partial charge on any atom is -0.380 e. The number of carbonyl (C=O) groups excluding carboxylic acids is 1. The molecule has 2 fully saturated rings. The first-order valence-electron chi connectivity index (χ1n) is 8.53. The maximum absolute atomic E-state index is 12.3. The molecular weight excluding hydrogens is 325 g/mol. The predicted molar refractivity (Wildman–Crippen MR) is 83.9 cm³/mol. The van der Waals surface area contributed by atoms with E-state index in [-0.39, 0.29) is 11.9 Å². The van der Waals surface area contributed by atoms with Gasteiger partial charge in [0.05, 0.1) is 13.2 Å². The number of carbonyl (C=O) groups is 1. The second kappa shape index (κ2) is 9.43. The SMILES string of the molecule is O=C(NCCN1CCCOCC1)NCC1CCN(CC(F)(F)F)C1. The highest BCUT2D eigenvalue weighted by Gasteiger charge is 2.34. The normalized spacial score (nSPS) is 23.9. The van der Waals surface area contributed by atoms with Crippen molar-refractivity contribution in [2.24, 2.45) is 5.92 Å². The maximum Gasteiger partial charge on any atom is 0.401 e. The van der Waals surface area contributed by atoms with Crippen molar-refractivity contribution < 1.29 is 22.7 Å². The van der Waals surface area contributed by atoms with Gasteiger partial charge in [-0.1, -0.05) is 0 Å². The molecule has 2 aliphatic rings. The summed E-state index contributed by atoms with van der Waals surface area (Å²) < 4.78 is 42.4. The zero-order chi connectivity index (χ0) is 17.4. The maximum atomic E-state index is 12.3. The Morgan fingerprint density at radius 3 is 2.75 bits per heavy atom. The number of likely N-dealkylation sites (tertiary alicyclic amines) is 1. The van der Waals surface area contributed by atoms with Crippen molar-refractivity contribution in [2.75, 3.05) is 65.6 Å². The van der Waals surface area contributed by atoms with Crippen molar-refractivity contribution in [3.05, 3.63) is 0 Å². The number of rotatable bonds is 6. The summed E-state index contributed by atoms with van der Waals surface area (Å²) in [6.45, 7) is 5.06. The molecule has 2 heterocycles. The summed E-state index contributed by atoms with van der Waals surface area (Å²) >= 11 is 0. The summed E-state index contributed by atoms with van der Waals surface area (Å²) in [7, 11) is 0. The van der Waals surface area contributed by atoms with Crippen LogP contribution in [-0.4, -0.2) is 87.6 Å². The van der Waals surface area contributed by atoms with Crippen molar-refractivity contribution in [3.8, 4) is 0 Å². The molecule has 0 spiro atoms. The van der Waals surface area contributed by atoms with Crippen molar-refractivity contribution in [2.45, 2.75) is 19.0 Å². The number of hydrogen-bond acceptors (Lipinski definition) is 4. The van der Waals surface area contributed by atoms with E-state index in [4.69, 9.17) is 4.74 Å². The van der Waals surface area contributed by atoms with E-state index in [9.17, 15) is 18.0 Å². The molecule has 0 aliphatic carbocycles. The quantitative estimate of drug-likeness (QED) is 0.746. The lowest BCUT2D eigenvalue weighted by atomic mass is 10.1. The van der Waals surface area contributed by atoms with Crippen molar-refractivity contribution in [1.82, 2.24) is 20.4 Å². The molecule has 6 nitrogen and oxygen atoms in total. The van der Waals surface area contributed by atoms with Gasteiger partial charge in [0, 0.05) is 45.9 Å². The molecule has 0 aromatic rings. The number of alkyl halides is 3. The van der Waals surface area contributed by atoms with E-state index in [1.807, 2.05) is 0 Å². The average molecular weight is 352 g/mol. The number of nitrogens with zero attached hydrogens (tertiary/aromatic N) is 2. The highest BCUT2D eigenvalue weighted by atomic mass is 19.4. The van der Waals surface area contributed by atoms with Gasteiger partial charge in [0.2, 0.25) is 0 Å². The molecule has 0 radical (unpaired) electrons. The highest BCUT2D eigenvalue weighted by molar-refractivity contribution is 5.73. The predicted octanol–water partition coefficient (Wildman–Crippen LogP) is 0.892. The largest absolute Gasteiger partial charge is 0.401 e. The highest BCUT2D eigenvalue weighted by Crippen LogP contribution is 2.22. The first-order valence-corrected chi connectivity index (χ1v) is 8.53. The summed E-state index contributed by atoms with van der Waals surface area (Å²) in [5, 5.41) is 5.55. The van der Waals surface area contributed by atoms with Gasteiger partial charge in [0.1, 0.15) is 0 Å². The number of urea groups is 1. The Bertz CT molecular complexity index is 387. The number of hydrogen-bond donors (Lipinski definition) is 2. The van der Waals surface area contributed by atoms with E-state index in [0.29, 0.717) is 32.6 Å². The molecule has 2 saturated heterocycles.